The summed E-state index contributed by atoms with van der Waals surface area (Å²) in [6.07, 6.45) is 0.891. The van der Waals surface area contributed by atoms with E-state index in [-0.39, 0.29) is 46.9 Å². The Morgan fingerprint density at radius 1 is 1.13 bits per heavy atom. The Morgan fingerprint density at radius 2 is 1.77 bits per heavy atom. The van der Waals surface area contributed by atoms with Crippen LogP contribution in [-0.2, 0) is 0 Å². The van der Waals surface area contributed by atoms with Crippen molar-refractivity contribution < 1.29 is 17.9 Å². The van der Waals surface area contributed by atoms with Crippen LogP contribution >= 0.6 is 24.0 Å². The Bertz CT molecular complexity index is 702. The van der Waals surface area contributed by atoms with Gasteiger partial charge in [0.2, 0.25) is 0 Å². The monoisotopic (exact) mass is 541 g/mol. The van der Waals surface area contributed by atoms with Gasteiger partial charge in [-0.3, -0.25) is 9.89 Å². The Morgan fingerprint density at radius 3 is 2.40 bits per heavy atom. The van der Waals surface area contributed by atoms with Gasteiger partial charge in [0.1, 0.15) is 0 Å². The summed E-state index contributed by atoms with van der Waals surface area (Å²) in [6, 6.07) is 5.82. The minimum Gasteiger partial charge on any atom is -0.404 e. The molecule has 3 rings (SSSR count). The second-order valence-electron chi connectivity index (χ2n) is 7.95. The molecule has 0 saturated carbocycles. The van der Waals surface area contributed by atoms with Crippen LogP contribution < -0.4 is 15.8 Å². The number of hydrogen-bond acceptors (Lipinski definition) is 4. The van der Waals surface area contributed by atoms with Crippen LogP contribution in [0.1, 0.15) is 32.1 Å². The number of nitrogens with zero attached hydrogens (tertiary/aromatic N) is 3. The molecule has 0 aliphatic carbocycles. The Balaban J connectivity index is 0.00000320. The highest BCUT2D eigenvalue weighted by atomic mass is 127. The minimum atomic E-state index is -4.77. The number of halogens is 4. The number of ether oxygens (including phenoxy) is 1. The van der Waals surface area contributed by atoms with Crippen molar-refractivity contribution in [2.45, 2.75) is 44.0 Å². The number of nitrogens with one attached hydrogen (secondary N) is 1. The summed E-state index contributed by atoms with van der Waals surface area (Å²) in [4.78, 5) is 9.40. The fourth-order valence-corrected chi connectivity index (χ4v) is 4.17. The van der Waals surface area contributed by atoms with E-state index in [2.05, 4.69) is 31.9 Å². The van der Waals surface area contributed by atoms with Crippen LogP contribution in [0.4, 0.5) is 18.9 Å². The number of benzene rings is 1. The SMILES string of the molecule is CN1CCC(CN=C(N)Nc2ccccc2OC(F)(F)F)(N2CCCCC2)CC1.I. The van der Waals surface area contributed by atoms with Gasteiger partial charge in [0, 0.05) is 5.54 Å². The standard InChI is InChI=1S/C20H30F3N5O.HI/c1-27-13-9-19(10-14-27,28-11-5-2-6-12-28)15-25-18(24)26-16-7-3-4-8-17(16)29-20(21,22)23;/h3-4,7-8H,2,5-6,9-15H2,1H3,(H3,24,25,26);1H. The predicted octanol–water partition coefficient (Wildman–Crippen LogP) is 3.88. The summed E-state index contributed by atoms with van der Waals surface area (Å²) < 4.78 is 41.9. The summed E-state index contributed by atoms with van der Waals surface area (Å²) in [5, 5.41) is 2.78. The summed E-state index contributed by atoms with van der Waals surface area (Å²) in [6.45, 7) is 4.66. The fourth-order valence-electron chi connectivity index (χ4n) is 4.17. The van der Waals surface area contributed by atoms with E-state index in [9.17, 15) is 13.2 Å². The Kier molecular flexibility index (Phi) is 9.04. The number of aliphatic imine (C=N–C) groups is 1. The first-order valence-electron chi connectivity index (χ1n) is 10.1. The molecule has 10 heteroatoms. The average molecular weight is 541 g/mol. The molecule has 2 fully saturated rings. The first kappa shape index (κ1) is 25.0. The molecule has 1 aromatic rings. The van der Waals surface area contributed by atoms with Crippen LogP contribution in [0.15, 0.2) is 29.3 Å². The van der Waals surface area contributed by atoms with Gasteiger partial charge in [-0.2, -0.15) is 0 Å². The summed E-state index contributed by atoms with van der Waals surface area (Å²) in [5.74, 6) is -0.235. The summed E-state index contributed by atoms with van der Waals surface area (Å²) >= 11 is 0. The number of nitrogens with two attached hydrogens (primary N) is 1. The molecule has 2 heterocycles. The Hall–Kier alpha value is -1.27. The lowest BCUT2D eigenvalue weighted by atomic mass is 9.84. The molecule has 3 N–H and O–H groups in total. The van der Waals surface area contributed by atoms with E-state index >= 15 is 0 Å². The van der Waals surface area contributed by atoms with Crippen LogP contribution in [0.2, 0.25) is 0 Å². The first-order chi connectivity index (χ1) is 13.8. The van der Waals surface area contributed by atoms with Crippen molar-refractivity contribution in [2.24, 2.45) is 10.7 Å². The van der Waals surface area contributed by atoms with E-state index in [1.54, 1.807) is 6.07 Å². The minimum absolute atomic E-state index is 0. The zero-order valence-electron chi connectivity index (χ0n) is 17.2. The smallest absolute Gasteiger partial charge is 0.404 e. The van der Waals surface area contributed by atoms with E-state index in [0.717, 1.165) is 39.0 Å². The number of hydrogen-bond donors (Lipinski definition) is 2. The molecule has 2 aliphatic rings. The molecular formula is C20H31F3IN5O. The molecule has 0 unspecified atom stereocenters. The van der Waals surface area contributed by atoms with E-state index in [1.807, 2.05) is 0 Å². The molecule has 2 saturated heterocycles. The number of piperidine rings is 2. The highest BCUT2D eigenvalue weighted by Gasteiger charge is 2.39. The summed E-state index contributed by atoms with van der Waals surface area (Å²) in [7, 11) is 2.12. The second-order valence-corrected chi connectivity index (χ2v) is 7.95. The lowest BCUT2D eigenvalue weighted by Gasteiger charge is -2.49. The molecule has 0 spiro atoms. The van der Waals surface area contributed by atoms with Crippen LogP contribution in [0, 0.1) is 0 Å². The zero-order chi connectivity index (χ0) is 20.9. The van der Waals surface area contributed by atoms with Gasteiger partial charge >= 0.3 is 6.36 Å². The van der Waals surface area contributed by atoms with Crippen molar-refractivity contribution in [1.82, 2.24) is 9.80 Å². The topological polar surface area (TPSA) is 66.1 Å². The quantitative estimate of drug-likeness (QED) is 0.337. The molecule has 170 valence electrons. The largest absolute Gasteiger partial charge is 0.573 e. The number of guanidine groups is 1. The predicted molar refractivity (Wildman–Crippen MR) is 124 cm³/mol. The number of likely N-dealkylation sites (tertiary alicyclic amines) is 2. The van der Waals surface area contributed by atoms with Gasteiger partial charge in [0.05, 0.1) is 12.2 Å². The van der Waals surface area contributed by atoms with Gasteiger partial charge in [-0.05, 0) is 71.0 Å². The lowest BCUT2D eigenvalue weighted by Crippen LogP contribution is -2.58. The Labute approximate surface area is 193 Å². The van der Waals surface area contributed by atoms with E-state index in [4.69, 9.17) is 5.73 Å². The average Bonchev–Trinajstić information content (AvgIpc) is 2.69. The van der Waals surface area contributed by atoms with Crippen LogP contribution in [0.5, 0.6) is 5.75 Å². The highest BCUT2D eigenvalue weighted by molar-refractivity contribution is 14.0. The number of para-hydroxylation sites is 2. The van der Waals surface area contributed by atoms with Crippen molar-refractivity contribution in [1.29, 1.82) is 0 Å². The lowest BCUT2D eigenvalue weighted by molar-refractivity contribution is -0.274. The maximum absolute atomic E-state index is 12.6. The maximum Gasteiger partial charge on any atom is 0.573 e. The van der Waals surface area contributed by atoms with Crippen LogP contribution in [0.3, 0.4) is 0 Å². The maximum atomic E-state index is 12.6. The van der Waals surface area contributed by atoms with Crippen molar-refractivity contribution in [3.63, 3.8) is 0 Å². The van der Waals surface area contributed by atoms with Crippen molar-refractivity contribution in [3.8, 4) is 5.75 Å². The van der Waals surface area contributed by atoms with Gasteiger partial charge in [-0.1, -0.05) is 18.6 Å². The molecule has 6 nitrogen and oxygen atoms in total. The normalized spacial score (nSPS) is 21.0. The molecule has 0 amide bonds. The van der Waals surface area contributed by atoms with E-state index in [1.165, 1.54) is 37.5 Å². The molecule has 0 aromatic heterocycles. The molecule has 0 radical (unpaired) electrons. The van der Waals surface area contributed by atoms with Crippen molar-refractivity contribution >= 4 is 35.6 Å². The highest BCUT2D eigenvalue weighted by Crippen LogP contribution is 2.32. The molecular weight excluding hydrogens is 510 g/mol. The van der Waals surface area contributed by atoms with Crippen LogP contribution in [-0.4, -0.2) is 67.4 Å². The molecule has 30 heavy (non-hydrogen) atoms. The van der Waals surface area contributed by atoms with Gasteiger partial charge in [0.15, 0.2) is 11.7 Å². The van der Waals surface area contributed by atoms with Crippen molar-refractivity contribution in [2.75, 3.05) is 45.1 Å². The molecule has 1 aromatic carbocycles. The number of alkyl halides is 3. The van der Waals surface area contributed by atoms with E-state index < -0.39 is 6.36 Å². The third kappa shape index (κ3) is 6.88. The van der Waals surface area contributed by atoms with Crippen molar-refractivity contribution in [3.05, 3.63) is 24.3 Å². The second kappa shape index (κ2) is 10.9. The van der Waals surface area contributed by atoms with Gasteiger partial charge in [-0.15, -0.1) is 37.1 Å². The van der Waals surface area contributed by atoms with Crippen LogP contribution in [0.25, 0.3) is 0 Å². The third-order valence-corrected chi connectivity index (χ3v) is 5.86. The third-order valence-electron chi connectivity index (χ3n) is 5.86. The molecule has 0 bridgehead atoms. The molecule has 2 aliphatic heterocycles. The summed E-state index contributed by atoms with van der Waals surface area (Å²) in [5.41, 5.74) is 6.14. The van der Waals surface area contributed by atoms with Gasteiger partial charge < -0.3 is 20.7 Å². The van der Waals surface area contributed by atoms with E-state index in [0.29, 0.717) is 6.54 Å². The number of anilines is 1. The number of rotatable bonds is 5. The first-order valence-corrected chi connectivity index (χ1v) is 10.1. The van der Waals surface area contributed by atoms with Gasteiger partial charge in [0.25, 0.3) is 0 Å². The zero-order valence-corrected chi connectivity index (χ0v) is 19.6. The molecule has 0 atom stereocenters. The fraction of sp³-hybridized carbons (Fsp3) is 0.650. The van der Waals surface area contributed by atoms with Gasteiger partial charge in [-0.25, -0.2) is 0 Å².